The van der Waals surface area contributed by atoms with Crippen molar-refractivity contribution in [3.63, 3.8) is 0 Å². The molecule has 1 aromatic carbocycles. The maximum absolute atomic E-state index is 5.65. The van der Waals surface area contributed by atoms with E-state index >= 15 is 0 Å². The van der Waals surface area contributed by atoms with Crippen LogP contribution in [0, 0.1) is 0 Å². The molecular formula is C14H23NO. The Morgan fingerprint density at radius 3 is 2.38 bits per heavy atom. The average molecular weight is 221 g/mol. The van der Waals surface area contributed by atoms with Crippen LogP contribution in [-0.2, 0) is 4.74 Å². The molecule has 0 aliphatic carbocycles. The monoisotopic (exact) mass is 221 g/mol. The van der Waals surface area contributed by atoms with Crippen molar-refractivity contribution >= 4 is 0 Å². The van der Waals surface area contributed by atoms with Gasteiger partial charge in [-0.2, -0.15) is 0 Å². The van der Waals surface area contributed by atoms with Gasteiger partial charge in [0.1, 0.15) is 0 Å². The molecule has 0 saturated carbocycles. The third kappa shape index (κ3) is 5.29. The maximum Gasteiger partial charge on any atom is 0.0599 e. The van der Waals surface area contributed by atoms with Crippen LogP contribution in [-0.4, -0.2) is 18.8 Å². The van der Waals surface area contributed by atoms with Gasteiger partial charge in [-0.05, 0) is 33.3 Å². The van der Waals surface area contributed by atoms with Crippen LogP contribution in [0.3, 0.4) is 0 Å². The number of nitrogens with one attached hydrogen (secondary N) is 1. The fourth-order valence-corrected chi connectivity index (χ4v) is 1.49. The van der Waals surface area contributed by atoms with Crippen molar-refractivity contribution in [1.82, 2.24) is 5.32 Å². The Morgan fingerprint density at radius 2 is 1.81 bits per heavy atom. The van der Waals surface area contributed by atoms with E-state index in [0.29, 0.717) is 6.04 Å². The first kappa shape index (κ1) is 13.2. The van der Waals surface area contributed by atoms with Crippen LogP contribution < -0.4 is 5.32 Å². The van der Waals surface area contributed by atoms with E-state index in [-0.39, 0.29) is 5.60 Å². The molecule has 1 aromatic rings. The van der Waals surface area contributed by atoms with Crippen LogP contribution in [0.5, 0.6) is 0 Å². The SMILES string of the molecule is C[C@@H](NCCOC(C)(C)C)c1ccccc1. The molecule has 0 aliphatic heterocycles. The van der Waals surface area contributed by atoms with E-state index < -0.39 is 0 Å². The van der Waals surface area contributed by atoms with Crippen LogP contribution in [0.2, 0.25) is 0 Å². The molecule has 90 valence electrons. The summed E-state index contributed by atoms with van der Waals surface area (Å²) in [5, 5.41) is 3.45. The lowest BCUT2D eigenvalue weighted by Crippen LogP contribution is -2.28. The van der Waals surface area contributed by atoms with Crippen LogP contribution in [0.15, 0.2) is 30.3 Å². The first-order chi connectivity index (χ1) is 7.49. The quantitative estimate of drug-likeness (QED) is 0.771. The minimum atomic E-state index is -0.0440. The first-order valence-electron chi connectivity index (χ1n) is 5.91. The summed E-state index contributed by atoms with van der Waals surface area (Å²) in [6.07, 6.45) is 0. The molecule has 0 bridgehead atoms. The van der Waals surface area contributed by atoms with Crippen molar-refractivity contribution in [2.75, 3.05) is 13.2 Å². The molecule has 0 saturated heterocycles. The molecule has 2 heteroatoms. The van der Waals surface area contributed by atoms with Crippen molar-refractivity contribution < 1.29 is 4.74 Å². The zero-order valence-corrected chi connectivity index (χ0v) is 10.8. The van der Waals surface area contributed by atoms with Gasteiger partial charge in [-0.3, -0.25) is 0 Å². The molecule has 1 N–H and O–H groups in total. The highest BCUT2D eigenvalue weighted by Crippen LogP contribution is 2.11. The van der Waals surface area contributed by atoms with E-state index in [1.54, 1.807) is 0 Å². The Labute approximate surface area is 99.0 Å². The van der Waals surface area contributed by atoms with Gasteiger partial charge in [0, 0.05) is 12.6 Å². The summed E-state index contributed by atoms with van der Waals surface area (Å²) in [6.45, 7) is 10.0. The van der Waals surface area contributed by atoms with Crippen molar-refractivity contribution in [3.8, 4) is 0 Å². The summed E-state index contributed by atoms with van der Waals surface area (Å²) in [7, 11) is 0. The number of hydrogen-bond donors (Lipinski definition) is 1. The minimum Gasteiger partial charge on any atom is -0.375 e. The van der Waals surface area contributed by atoms with Gasteiger partial charge >= 0.3 is 0 Å². The van der Waals surface area contributed by atoms with E-state index in [1.807, 2.05) is 6.07 Å². The van der Waals surface area contributed by atoms with E-state index in [2.05, 4.69) is 57.3 Å². The normalized spacial score (nSPS) is 13.8. The molecule has 0 heterocycles. The molecule has 16 heavy (non-hydrogen) atoms. The summed E-state index contributed by atoms with van der Waals surface area (Å²) >= 11 is 0. The topological polar surface area (TPSA) is 21.3 Å². The second kappa shape index (κ2) is 6.02. The maximum atomic E-state index is 5.65. The third-order valence-electron chi connectivity index (χ3n) is 2.39. The summed E-state index contributed by atoms with van der Waals surface area (Å²) in [5.74, 6) is 0. The number of hydrogen-bond acceptors (Lipinski definition) is 2. The fraction of sp³-hybridized carbons (Fsp3) is 0.571. The summed E-state index contributed by atoms with van der Waals surface area (Å²) in [6, 6.07) is 10.8. The minimum absolute atomic E-state index is 0.0440. The van der Waals surface area contributed by atoms with Gasteiger partial charge in [0.25, 0.3) is 0 Å². The second-order valence-corrected chi connectivity index (χ2v) is 5.05. The molecule has 0 unspecified atom stereocenters. The van der Waals surface area contributed by atoms with E-state index in [9.17, 15) is 0 Å². The van der Waals surface area contributed by atoms with Crippen LogP contribution in [0.4, 0.5) is 0 Å². The zero-order valence-electron chi connectivity index (χ0n) is 10.8. The molecule has 0 radical (unpaired) electrons. The lowest BCUT2D eigenvalue weighted by molar-refractivity contribution is -0.00149. The highest BCUT2D eigenvalue weighted by molar-refractivity contribution is 5.17. The molecule has 0 aliphatic rings. The van der Waals surface area contributed by atoms with Gasteiger partial charge in [0.05, 0.1) is 12.2 Å². The van der Waals surface area contributed by atoms with Crippen molar-refractivity contribution in [3.05, 3.63) is 35.9 Å². The van der Waals surface area contributed by atoms with Crippen molar-refractivity contribution in [1.29, 1.82) is 0 Å². The van der Waals surface area contributed by atoms with Crippen LogP contribution in [0.25, 0.3) is 0 Å². The Balaban J connectivity index is 2.24. The molecule has 1 rings (SSSR count). The summed E-state index contributed by atoms with van der Waals surface area (Å²) < 4.78 is 5.65. The van der Waals surface area contributed by atoms with Gasteiger partial charge in [-0.1, -0.05) is 30.3 Å². The van der Waals surface area contributed by atoms with Crippen molar-refractivity contribution in [2.24, 2.45) is 0 Å². The Bertz CT molecular complexity index is 289. The molecule has 0 amide bonds. The Morgan fingerprint density at radius 1 is 1.19 bits per heavy atom. The average Bonchev–Trinajstić information content (AvgIpc) is 2.24. The third-order valence-corrected chi connectivity index (χ3v) is 2.39. The lowest BCUT2D eigenvalue weighted by Gasteiger charge is -2.21. The van der Waals surface area contributed by atoms with Crippen LogP contribution in [0.1, 0.15) is 39.3 Å². The summed E-state index contributed by atoms with van der Waals surface area (Å²) in [4.78, 5) is 0. The molecule has 2 nitrogen and oxygen atoms in total. The molecule has 1 atom stereocenters. The largest absolute Gasteiger partial charge is 0.375 e. The van der Waals surface area contributed by atoms with Gasteiger partial charge in [-0.25, -0.2) is 0 Å². The lowest BCUT2D eigenvalue weighted by atomic mass is 10.1. The van der Waals surface area contributed by atoms with E-state index in [1.165, 1.54) is 5.56 Å². The van der Waals surface area contributed by atoms with Gasteiger partial charge in [0.15, 0.2) is 0 Å². The first-order valence-corrected chi connectivity index (χ1v) is 5.91. The highest BCUT2D eigenvalue weighted by Gasteiger charge is 2.09. The molecular weight excluding hydrogens is 198 g/mol. The van der Waals surface area contributed by atoms with Gasteiger partial charge in [0.2, 0.25) is 0 Å². The predicted octanol–water partition coefficient (Wildman–Crippen LogP) is 3.15. The van der Waals surface area contributed by atoms with E-state index in [4.69, 9.17) is 4.74 Å². The van der Waals surface area contributed by atoms with Gasteiger partial charge < -0.3 is 10.1 Å². The number of ether oxygens (including phenoxy) is 1. The smallest absolute Gasteiger partial charge is 0.0599 e. The van der Waals surface area contributed by atoms with Gasteiger partial charge in [-0.15, -0.1) is 0 Å². The highest BCUT2D eigenvalue weighted by atomic mass is 16.5. The fourth-order valence-electron chi connectivity index (χ4n) is 1.49. The summed E-state index contributed by atoms with van der Waals surface area (Å²) in [5.41, 5.74) is 1.27. The number of benzene rings is 1. The van der Waals surface area contributed by atoms with Crippen LogP contribution >= 0.6 is 0 Å². The molecule has 0 fully saturated rings. The predicted molar refractivity (Wildman–Crippen MR) is 68.6 cm³/mol. The Hall–Kier alpha value is -0.860. The molecule has 0 spiro atoms. The zero-order chi connectivity index (χ0) is 12.0. The Kier molecular flexibility index (Phi) is 4.97. The van der Waals surface area contributed by atoms with E-state index in [0.717, 1.165) is 13.2 Å². The standard InChI is InChI=1S/C14H23NO/c1-12(13-8-6-5-7-9-13)15-10-11-16-14(2,3)4/h5-9,12,15H,10-11H2,1-4H3/t12-/m1/s1. The second-order valence-electron chi connectivity index (χ2n) is 5.05. The van der Waals surface area contributed by atoms with Crippen molar-refractivity contribution in [2.45, 2.75) is 39.3 Å². The number of rotatable bonds is 5. The molecule has 0 aromatic heterocycles.